The molecule has 1 aromatic rings. The van der Waals surface area contributed by atoms with Crippen LogP contribution in [0.3, 0.4) is 0 Å². The molecular weight excluding hydrogens is 138 g/mol. The fourth-order valence-corrected chi connectivity index (χ4v) is 1.03. The van der Waals surface area contributed by atoms with Crippen LogP contribution in [0.2, 0.25) is 0 Å². The van der Waals surface area contributed by atoms with E-state index in [0.29, 0.717) is 0 Å². The van der Waals surface area contributed by atoms with E-state index in [1.807, 2.05) is 24.0 Å². The molecule has 3 nitrogen and oxygen atoms in total. The average molecular weight is 153 g/mol. The van der Waals surface area contributed by atoms with Gasteiger partial charge in [0.05, 0.1) is 5.69 Å². The van der Waals surface area contributed by atoms with Crippen LogP contribution in [0.1, 0.15) is 19.0 Å². The smallest absolute Gasteiger partial charge is 0.0762 e. The lowest BCUT2D eigenvalue weighted by Crippen LogP contribution is -2.06. The van der Waals surface area contributed by atoms with E-state index in [4.69, 9.17) is 0 Å². The predicted octanol–water partition coefficient (Wildman–Crippen LogP) is 1.01. The third-order valence-electron chi connectivity index (χ3n) is 1.51. The van der Waals surface area contributed by atoms with Crippen LogP contribution in [0.25, 0.3) is 0 Å². The number of hydrogen-bond donors (Lipinski definition) is 1. The molecule has 1 N–H and O–H groups in total. The fourth-order valence-electron chi connectivity index (χ4n) is 1.03. The molecule has 0 aromatic carbocycles. The Kier molecular flexibility index (Phi) is 3.11. The van der Waals surface area contributed by atoms with Gasteiger partial charge in [-0.3, -0.25) is 4.68 Å². The molecule has 0 spiro atoms. The van der Waals surface area contributed by atoms with Crippen molar-refractivity contribution in [2.45, 2.75) is 26.4 Å². The van der Waals surface area contributed by atoms with Gasteiger partial charge in [-0.1, -0.05) is 6.92 Å². The van der Waals surface area contributed by atoms with Crippen molar-refractivity contribution in [3.05, 3.63) is 18.0 Å². The molecule has 0 atom stereocenters. The summed E-state index contributed by atoms with van der Waals surface area (Å²) >= 11 is 0. The summed E-state index contributed by atoms with van der Waals surface area (Å²) in [4.78, 5) is 0. The van der Waals surface area contributed by atoms with Gasteiger partial charge in [-0.05, 0) is 19.5 Å². The van der Waals surface area contributed by atoms with Crippen LogP contribution in [-0.4, -0.2) is 16.8 Å². The minimum absolute atomic E-state index is 0.858. The lowest BCUT2D eigenvalue weighted by Gasteiger charge is -1.96. The Bertz CT molecular complexity index is 184. The molecule has 0 fully saturated rings. The normalized spacial score (nSPS) is 10.4. The third kappa shape index (κ3) is 2.35. The summed E-state index contributed by atoms with van der Waals surface area (Å²) in [7, 11) is 1.93. The number of nitrogens with one attached hydrogen (secondary N) is 1. The van der Waals surface area contributed by atoms with Gasteiger partial charge < -0.3 is 5.32 Å². The molecule has 1 aromatic heterocycles. The molecule has 1 rings (SSSR count). The van der Waals surface area contributed by atoms with Crippen LogP contribution in [0.4, 0.5) is 0 Å². The van der Waals surface area contributed by atoms with Gasteiger partial charge in [0.15, 0.2) is 0 Å². The van der Waals surface area contributed by atoms with Gasteiger partial charge in [0.25, 0.3) is 0 Å². The zero-order valence-corrected chi connectivity index (χ0v) is 7.17. The maximum absolute atomic E-state index is 4.34. The lowest BCUT2D eigenvalue weighted by molar-refractivity contribution is 0.589. The molecule has 11 heavy (non-hydrogen) atoms. The van der Waals surface area contributed by atoms with Gasteiger partial charge in [0, 0.05) is 19.3 Å². The number of nitrogens with zero attached hydrogens (tertiary/aromatic N) is 2. The zero-order valence-electron chi connectivity index (χ0n) is 7.17. The monoisotopic (exact) mass is 153 g/mol. The minimum atomic E-state index is 0.858. The van der Waals surface area contributed by atoms with E-state index in [1.54, 1.807) is 0 Å². The van der Waals surface area contributed by atoms with E-state index in [0.717, 1.165) is 25.2 Å². The molecular formula is C8H15N3. The second-order valence-corrected chi connectivity index (χ2v) is 2.60. The van der Waals surface area contributed by atoms with E-state index in [-0.39, 0.29) is 0 Å². The first-order valence-corrected chi connectivity index (χ1v) is 4.03. The minimum Gasteiger partial charge on any atom is -0.314 e. The van der Waals surface area contributed by atoms with Crippen LogP contribution >= 0.6 is 0 Å². The highest BCUT2D eigenvalue weighted by atomic mass is 15.3. The van der Waals surface area contributed by atoms with Crippen molar-refractivity contribution in [2.24, 2.45) is 0 Å². The Morgan fingerprint density at radius 2 is 2.45 bits per heavy atom. The summed E-state index contributed by atoms with van der Waals surface area (Å²) in [6.45, 7) is 4.03. The molecule has 0 aliphatic rings. The quantitative estimate of drug-likeness (QED) is 0.699. The number of rotatable bonds is 4. The summed E-state index contributed by atoms with van der Waals surface area (Å²) in [6, 6.07) is 2.05. The molecule has 0 aliphatic heterocycles. The second kappa shape index (κ2) is 4.13. The Morgan fingerprint density at radius 1 is 1.64 bits per heavy atom. The van der Waals surface area contributed by atoms with Crippen LogP contribution < -0.4 is 5.32 Å². The molecule has 3 heteroatoms. The molecule has 0 saturated carbocycles. The first kappa shape index (κ1) is 8.27. The average Bonchev–Trinajstić information content (AvgIpc) is 2.38. The van der Waals surface area contributed by atoms with Crippen molar-refractivity contribution >= 4 is 0 Å². The Balaban J connectivity index is 2.51. The SMILES string of the molecule is CCCn1ccc(CNC)n1. The lowest BCUT2D eigenvalue weighted by atomic mass is 10.4. The zero-order chi connectivity index (χ0) is 8.10. The van der Waals surface area contributed by atoms with Crippen LogP contribution in [0, 0.1) is 0 Å². The van der Waals surface area contributed by atoms with Gasteiger partial charge in [-0.15, -0.1) is 0 Å². The van der Waals surface area contributed by atoms with E-state index in [1.165, 1.54) is 0 Å². The molecule has 62 valence electrons. The van der Waals surface area contributed by atoms with Crippen molar-refractivity contribution in [3.8, 4) is 0 Å². The van der Waals surface area contributed by atoms with Gasteiger partial charge in [-0.25, -0.2) is 0 Å². The number of hydrogen-bond acceptors (Lipinski definition) is 2. The molecule has 0 unspecified atom stereocenters. The van der Waals surface area contributed by atoms with Gasteiger partial charge in [0.1, 0.15) is 0 Å². The van der Waals surface area contributed by atoms with E-state index in [2.05, 4.69) is 17.3 Å². The Hall–Kier alpha value is -0.830. The van der Waals surface area contributed by atoms with Crippen molar-refractivity contribution in [1.82, 2.24) is 15.1 Å². The molecule has 0 bridgehead atoms. The van der Waals surface area contributed by atoms with E-state index in [9.17, 15) is 0 Å². The third-order valence-corrected chi connectivity index (χ3v) is 1.51. The molecule has 1 heterocycles. The fraction of sp³-hybridized carbons (Fsp3) is 0.625. The number of aryl methyl sites for hydroxylation is 1. The summed E-state index contributed by atoms with van der Waals surface area (Å²) in [5.41, 5.74) is 1.11. The van der Waals surface area contributed by atoms with Gasteiger partial charge in [0.2, 0.25) is 0 Å². The van der Waals surface area contributed by atoms with Gasteiger partial charge in [-0.2, -0.15) is 5.10 Å². The first-order valence-electron chi connectivity index (χ1n) is 4.03. The molecule has 0 aliphatic carbocycles. The van der Waals surface area contributed by atoms with Crippen LogP contribution in [-0.2, 0) is 13.1 Å². The highest BCUT2D eigenvalue weighted by molar-refractivity contribution is 4.97. The summed E-state index contributed by atoms with van der Waals surface area (Å²) in [6.07, 6.45) is 3.16. The van der Waals surface area contributed by atoms with Crippen molar-refractivity contribution in [1.29, 1.82) is 0 Å². The maximum atomic E-state index is 4.34. The summed E-state index contributed by atoms with van der Waals surface area (Å²) in [5.74, 6) is 0. The van der Waals surface area contributed by atoms with Crippen molar-refractivity contribution in [2.75, 3.05) is 7.05 Å². The highest BCUT2D eigenvalue weighted by Gasteiger charge is 1.94. The predicted molar refractivity (Wildman–Crippen MR) is 45.3 cm³/mol. The molecule has 0 amide bonds. The maximum Gasteiger partial charge on any atom is 0.0762 e. The second-order valence-electron chi connectivity index (χ2n) is 2.60. The van der Waals surface area contributed by atoms with E-state index >= 15 is 0 Å². The standard InChI is InChI=1S/C8H15N3/c1-3-5-11-6-4-8(10-11)7-9-2/h4,6,9H,3,5,7H2,1-2H3. The Labute approximate surface area is 67.4 Å². The first-order chi connectivity index (χ1) is 5.36. The summed E-state index contributed by atoms with van der Waals surface area (Å²) in [5, 5.41) is 7.41. The van der Waals surface area contributed by atoms with E-state index < -0.39 is 0 Å². The molecule has 0 saturated heterocycles. The van der Waals surface area contributed by atoms with Crippen molar-refractivity contribution < 1.29 is 0 Å². The van der Waals surface area contributed by atoms with Crippen molar-refractivity contribution in [3.63, 3.8) is 0 Å². The summed E-state index contributed by atoms with van der Waals surface area (Å²) < 4.78 is 1.98. The topological polar surface area (TPSA) is 29.9 Å². The van der Waals surface area contributed by atoms with Crippen LogP contribution in [0.5, 0.6) is 0 Å². The largest absolute Gasteiger partial charge is 0.314 e. The highest BCUT2D eigenvalue weighted by Crippen LogP contribution is 1.95. The van der Waals surface area contributed by atoms with Crippen LogP contribution in [0.15, 0.2) is 12.3 Å². The Morgan fingerprint density at radius 3 is 3.09 bits per heavy atom. The molecule has 0 radical (unpaired) electrons. The number of aromatic nitrogens is 2. The van der Waals surface area contributed by atoms with Gasteiger partial charge >= 0.3 is 0 Å².